The molecule has 0 bridgehead atoms. The van der Waals surface area contributed by atoms with Crippen LogP contribution in [-0.4, -0.2) is 31.8 Å². The number of rotatable bonds is 4. The van der Waals surface area contributed by atoms with Crippen molar-refractivity contribution >= 4 is 5.97 Å². The van der Waals surface area contributed by atoms with Gasteiger partial charge in [-0.2, -0.15) is 0 Å². The maximum absolute atomic E-state index is 10.4. The van der Waals surface area contributed by atoms with Crippen LogP contribution in [0.25, 0.3) is 0 Å². The lowest BCUT2D eigenvalue weighted by atomic mass is 10.5. The number of carbonyl (C=O) groups excluding carboxylic acids is 1. The molecule has 5 heteroatoms. The molecule has 5 nitrogen and oxygen atoms in total. The monoisotopic (exact) mass is 216 g/mol. The average molecular weight is 216 g/mol. The first-order valence-corrected chi connectivity index (χ1v) is 4.86. The summed E-state index contributed by atoms with van der Waals surface area (Å²) in [5.74, 6) is 0.537. The molecule has 15 heavy (non-hydrogen) atoms. The lowest BCUT2D eigenvalue weighted by Gasteiger charge is -1.95. The van der Waals surface area contributed by atoms with Crippen molar-refractivity contribution in [3.63, 3.8) is 0 Å². The van der Waals surface area contributed by atoms with Gasteiger partial charge in [-0.3, -0.25) is 4.79 Å². The average Bonchev–Trinajstić information content (AvgIpc) is 3.00. The first kappa shape index (κ1) is 12.0. The van der Waals surface area contributed by atoms with Crippen LogP contribution < -0.4 is 0 Å². The number of epoxide rings is 2. The Bertz CT molecular complexity index is 230. The van der Waals surface area contributed by atoms with Crippen LogP contribution in [-0.2, 0) is 23.7 Å². The molecule has 2 unspecified atom stereocenters. The van der Waals surface area contributed by atoms with Gasteiger partial charge in [-0.05, 0) is 6.92 Å². The topological polar surface area (TPSA) is 60.6 Å². The highest BCUT2D eigenvalue weighted by atomic mass is 16.8. The second kappa shape index (κ2) is 5.72. The van der Waals surface area contributed by atoms with Gasteiger partial charge < -0.3 is 18.9 Å². The Morgan fingerprint density at radius 3 is 2.07 bits per heavy atom. The zero-order valence-corrected chi connectivity index (χ0v) is 9.02. The number of hydrogen-bond donors (Lipinski definition) is 0. The summed E-state index contributed by atoms with van der Waals surface area (Å²) >= 11 is 0. The van der Waals surface area contributed by atoms with Crippen molar-refractivity contribution in [2.45, 2.75) is 32.8 Å². The molecule has 2 heterocycles. The minimum absolute atomic E-state index is 0.0255. The molecule has 2 saturated heterocycles. The smallest absolute Gasteiger partial charge is 0.307 e. The summed E-state index contributed by atoms with van der Waals surface area (Å²) in [6, 6.07) is 0. The summed E-state index contributed by atoms with van der Waals surface area (Å²) in [6.45, 7) is 8.40. The standard InChI is InChI=1S/C5H8O3.C5H8O2/c1-2-4(6)8-5-3-7-5;1-4(2)7-5-3-6-5/h5H,2-3H2,1H3;5H,1,3H2,2H3. The highest BCUT2D eigenvalue weighted by Gasteiger charge is 2.26. The maximum Gasteiger partial charge on any atom is 0.307 e. The molecule has 0 spiro atoms. The number of allylic oxidation sites excluding steroid dienone is 1. The molecule has 0 aromatic carbocycles. The van der Waals surface area contributed by atoms with Gasteiger partial charge in [0.1, 0.15) is 13.2 Å². The van der Waals surface area contributed by atoms with Crippen molar-refractivity contribution in [1.82, 2.24) is 0 Å². The van der Waals surface area contributed by atoms with Gasteiger partial charge in [-0.25, -0.2) is 0 Å². The van der Waals surface area contributed by atoms with Crippen molar-refractivity contribution < 1.29 is 23.7 Å². The Morgan fingerprint density at radius 1 is 1.33 bits per heavy atom. The molecule has 2 fully saturated rings. The zero-order valence-electron chi connectivity index (χ0n) is 9.02. The van der Waals surface area contributed by atoms with Gasteiger partial charge in [-0.1, -0.05) is 13.5 Å². The van der Waals surface area contributed by atoms with Crippen molar-refractivity contribution in [3.8, 4) is 0 Å². The van der Waals surface area contributed by atoms with Gasteiger partial charge in [0.2, 0.25) is 12.6 Å². The molecular weight excluding hydrogens is 200 g/mol. The fourth-order valence-electron chi connectivity index (χ4n) is 0.669. The van der Waals surface area contributed by atoms with Gasteiger partial charge in [0.15, 0.2) is 0 Å². The Kier molecular flexibility index (Phi) is 4.58. The van der Waals surface area contributed by atoms with E-state index in [0.29, 0.717) is 13.0 Å². The van der Waals surface area contributed by atoms with Crippen LogP contribution in [0, 0.1) is 0 Å². The Labute approximate surface area is 88.9 Å². The molecule has 0 saturated carbocycles. The van der Waals surface area contributed by atoms with Crippen molar-refractivity contribution in [1.29, 1.82) is 0 Å². The minimum Gasteiger partial charge on any atom is -0.468 e. The normalized spacial score (nSPS) is 25.7. The molecule has 2 atom stereocenters. The Morgan fingerprint density at radius 2 is 1.80 bits per heavy atom. The first-order chi connectivity index (χ1) is 7.11. The van der Waals surface area contributed by atoms with E-state index in [1.807, 2.05) is 6.92 Å². The summed E-state index contributed by atoms with van der Waals surface area (Å²) in [6.07, 6.45) is 0.236. The largest absolute Gasteiger partial charge is 0.468 e. The summed E-state index contributed by atoms with van der Waals surface area (Å²) in [5, 5.41) is 0. The first-order valence-electron chi connectivity index (χ1n) is 4.86. The number of ether oxygens (including phenoxy) is 4. The van der Waals surface area contributed by atoms with Crippen LogP contribution in [0.4, 0.5) is 0 Å². The van der Waals surface area contributed by atoms with E-state index in [2.05, 4.69) is 16.1 Å². The van der Waals surface area contributed by atoms with Gasteiger partial charge in [0, 0.05) is 6.42 Å². The predicted molar refractivity (Wildman–Crippen MR) is 51.8 cm³/mol. The highest BCUT2D eigenvalue weighted by molar-refractivity contribution is 5.69. The van der Waals surface area contributed by atoms with E-state index in [1.165, 1.54) is 0 Å². The molecule has 0 radical (unpaired) electrons. The Balaban J connectivity index is 0.000000151. The molecule has 2 aliphatic rings. The zero-order chi connectivity index (χ0) is 11.3. The summed E-state index contributed by atoms with van der Waals surface area (Å²) in [4.78, 5) is 10.4. The van der Waals surface area contributed by atoms with E-state index in [-0.39, 0.29) is 18.5 Å². The maximum atomic E-state index is 10.4. The molecule has 2 aliphatic heterocycles. The van der Waals surface area contributed by atoms with Crippen LogP contribution in [0.15, 0.2) is 12.3 Å². The summed E-state index contributed by atoms with van der Waals surface area (Å²) < 4.78 is 19.0. The van der Waals surface area contributed by atoms with Gasteiger partial charge >= 0.3 is 5.97 Å². The second-order valence-electron chi connectivity index (χ2n) is 3.19. The molecule has 2 rings (SSSR count). The fourth-order valence-corrected chi connectivity index (χ4v) is 0.669. The summed E-state index contributed by atoms with van der Waals surface area (Å²) in [7, 11) is 0. The van der Waals surface area contributed by atoms with Crippen LogP contribution in [0.1, 0.15) is 20.3 Å². The van der Waals surface area contributed by atoms with E-state index >= 15 is 0 Å². The third-order valence-electron chi connectivity index (χ3n) is 1.49. The molecule has 86 valence electrons. The summed E-state index contributed by atoms with van der Waals surface area (Å²) in [5.41, 5.74) is 0. The number of carbonyl (C=O) groups is 1. The van der Waals surface area contributed by atoms with Gasteiger partial charge in [-0.15, -0.1) is 0 Å². The molecule has 0 aromatic heterocycles. The van der Waals surface area contributed by atoms with Crippen LogP contribution in [0.2, 0.25) is 0 Å². The van der Waals surface area contributed by atoms with Crippen LogP contribution in [0.3, 0.4) is 0 Å². The predicted octanol–water partition coefficient (Wildman–Crippen LogP) is 1.19. The molecule has 0 aliphatic carbocycles. The van der Waals surface area contributed by atoms with Crippen molar-refractivity contribution in [2.75, 3.05) is 13.2 Å². The SMILES string of the molecule is C=C(C)OC1CO1.CCC(=O)OC1CO1. The van der Waals surface area contributed by atoms with E-state index in [4.69, 9.17) is 9.47 Å². The molecule has 0 amide bonds. The lowest BCUT2D eigenvalue weighted by Crippen LogP contribution is -2.04. The third kappa shape index (κ3) is 6.93. The molecular formula is C10H16O5. The lowest BCUT2D eigenvalue weighted by molar-refractivity contribution is -0.148. The van der Waals surface area contributed by atoms with E-state index in [9.17, 15) is 4.79 Å². The number of hydrogen-bond acceptors (Lipinski definition) is 5. The van der Waals surface area contributed by atoms with Crippen LogP contribution >= 0.6 is 0 Å². The van der Waals surface area contributed by atoms with Crippen molar-refractivity contribution in [3.05, 3.63) is 12.3 Å². The third-order valence-corrected chi connectivity index (χ3v) is 1.49. The van der Waals surface area contributed by atoms with E-state index in [0.717, 1.165) is 12.4 Å². The molecule has 0 aromatic rings. The second-order valence-corrected chi connectivity index (χ2v) is 3.19. The quantitative estimate of drug-likeness (QED) is 0.401. The number of esters is 1. The van der Waals surface area contributed by atoms with Crippen molar-refractivity contribution in [2.24, 2.45) is 0 Å². The van der Waals surface area contributed by atoms with E-state index < -0.39 is 0 Å². The highest BCUT2D eigenvalue weighted by Crippen LogP contribution is 2.13. The minimum atomic E-state index is -0.220. The Hall–Kier alpha value is -1.07. The van der Waals surface area contributed by atoms with Crippen LogP contribution in [0.5, 0.6) is 0 Å². The van der Waals surface area contributed by atoms with Gasteiger partial charge in [0.05, 0.1) is 5.76 Å². The fraction of sp³-hybridized carbons (Fsp3) is 0.700. The van der Waals surface area contributed by atoms with Gasteiger partial charge in [0.25, 0.3) is 0 Å². The van der Waals surface area contributed by atoms with E-state index in [1.54, 1.807) is 6.92 Å². The molecule has 0 N–H and O–H groups in total.